The van der Waals surface area contributed by atoms with Crippen LogP contribution in [0.5, 0.6) is 23.0 Å². The Kier molecular flexibility index (Phi) is 6.33. The molecule has 194 valence electrons. The predicted molar refractivity (Wildman–Crippen MR) is 138 cm³/mol. The Morgan fingerprint density at radius 2 is 1.66 bits per heavy atom. The number of rotatable bonds is 7. The number of hydrogen-bond donors (Lipinski definition) is 2. The number of aromatic amines is 1. The fourth-order valence-electron chi connectivity index (χ4n) is 4.45. The maximum atomic E-state index is 13.5. The van der Waals surface area contributed by atoms with Gasteiger partial charge in [-0.15, -0.1) is 0 Å². The lowest BCUT2D eigenvalue weighted by molar-refractivity contribution is -0.132. The molecule has 4 aromatic rings. The van der Waals surface area contributed by atoms with Crippen LogP contribution in [0.2, 0.25) is 0 Å². The van der Waals surface area contributed by atoms with Gasteiger partial charge >= 0.3 is 5.91 Å². The van der Waals surface area contributed by atoms with E-state index in [1.54, 1.807) is 42.5 Å². The summed E-state index contributed by atoms with van der Waals surface area (Å²) in [5.74, 6) is -0.509. The average Bonchev–Trinajstić information content (AvgIpc) is 3.48. The van der Waals surface area contributed by atoms with E-state index < -0.39 is 23.5 Å². The van der Waals surface area contributed by atoms with E-state index in [1.807, 2.05) is 0 Å². The lowest BCUT2D eigenvalue weighted by atomic mass is 9.98. The standard InChI is InChI=1S/C27H24N4O7/c1-35-14-8-9-19(36-2)15(11-14)24(32)22-23(16-7-5-6-10-28-16)31(26(34)25(22)33)27-29-17-12-20(37-3)21(38-4)13-18(17)30-27/h5-13,23,32H,1-4H3,(H,29,30)/b24-22+. The zero-order valence-electron chi connectivity index (χ0n) is 21.0. The molecule has 1 unspecified atom stereocenters. The summed E-state index contributed by atoms with van der Waals surface area (Å²) in [7, 11) is 5.92. The fourth-order valence-corrected chi connectivity index (χ4v) is 4.45. The van der Waals surface area contributed by atoms with E-state index in [4.69, 9.17) is 18.9 Å². The van der Waals surface area contributed by atoms with Gasteiger partial charge in [0.25, 0.3) is 5.78 Å². The first-order chi connectivity index (χ1) is 18.4. The van der Waals surface area contributed by atoms with Crippen molar-refractivity contribution < 1.29 is 33.6 Å². The Labute approximate surface area is 217 Å². The molecule has 0 saturated carbocycles. The fraction of sp³-hybridized carbons (Fsp3) is 0.185. The number of nitrogens with one attached hydrogen (secondary N) is 1. The number of imidazole rings is 1. The topological polar surface area (TPSA) is 136 Å². The number of H-pyrrole nitrogens is 1. The minimum Gasteiger partial charge on any atom is -0.507 e. The molecule has 0 spiro atoms. The maximum Gasteiger partial charge on any atom is 0.302 e. The molecule has 2 N–H and O–H groups in total. The van der Waals surface area contributed by atoms with E-state index >= 15 is 0 Å². The number of aliphatic hydroxyl groups excluding tert-OH is 1. The number of benzene rings is 2. The molecule has 11 nitrogen and oxygen atoms in total. The molecule has 1 fully saturated rings. The third-order valence-electron chi connectivity index (χ3n) is 6.28. The van der Waals surface area contributed by atoms with Crippen LogP contribution in [-0.2, 0) is 9.59 Å². The van der Waals surface area contributed by atoms with Gasteiger partial charge in [0, 0.05) is 18.3 Å². The van der Waals surface area contributed by atoms with Crippen molar-refractivity contribution in [2.24, 2.45) is 0 Å². The summed E-state index contributed by atoms with van der Waals surface area (Å²) in [6.07, 6.45) is 1.54. The molecular formula is C27H24N4O7. The molecule has 0 bridgehead atoms. The van der Waals surface area contributed by atoms with Crippen molar-refractivity contribution in [3.05, 3.63) is 71.6 Å². The second-order valence-electron chi connectivity index (χ2n) is 8.27. The largest absolute Gasteiger partial charge is 0.507 e. The zero-order valence-corrected chi connectivity index (χ0v) is 21.0. The van der Waals surface area contributed by atoms with Crippen molar-refractivity contribution in [2.45, 2.75) is 6.04 Å². The zero-order chi connectivity index (χ0) is 27.0. The van der Waals surface area contributed by atoms with E-state index in [1.165, 1.54) is 45.6 Å². The van der Waals surface area contributed by atoms with Crippen LogP contribution in [0.1, 0.15) is 17.3 Å². The van der Waals surface area contributed by atoms with Crippen LogP contribution >= 0.6 is 0 Å². The molecule has 0 aliphatic carbocycles. The number of ether oxygens (including phenoxy) is 4. The summed E-state index contributed by atoms with van der Waals surface area (Å²) in [6.45, 7) is 0. The maximum absolute atomic E-state index is 13.5. The molecule has 1 aliphatic heterocycles. The number of hydrogen-bond acceptors (Lipinski definition) is 9. The number of amides is 1. The lowest BCUT2D eigenvalue weighted by Gasteiger charge is -2.22. The van der Waals surface area contributed by atoms with Gasteiger partial charge in [-0.2, -0.15) is 0 Å². The van der Waals surface area contributed by atoms with Crippen LogP contribution in [0, 0.1) is 0 Å². The number of pyridine rings is 1. The summed E-state index contributed by atoms with van der Waals surface area (Å²) >= 11 is 0. The molecule has 38 heavy (non-hydrogen) atoms. The van der Waals surface area contributed by atoms with Crippen LogP contribution < -0.4 is 23.8 Å². The van der Waals surface area contributed by atoms with Crippen LogP contribution in [0.4, 0.5) is 5.95 Å². The monoisotopic (exact) mass is 516 g/mol. The van der Waals surface area contributed by atoms with Gasteiger partial charge in [-0.05, 0) is 30.3 Å². The number of nitrogens with zero attached hydrogens (tertiary/aromatic N) is 3. The molecular weight excluding hydrogens is 492 g/mol. The van der Waals surface area contributed by atoms with Crippen molar-refractivity contribution in [1.29, 1.82) is 0 Å². The molecule has 2 aromatic carbocycles. The summed E-state index contributed by atoms with van der Waals surface area (Å²) in [4.78, 5) is 40.1. The van der Waals surface area contributed by atoms with Gasteiger partial charge in [0.05, 0.1) is 56.3 Å². The first kappa shape index (κ1) is 24.6. The van der Waals surface area contributed by atoms with E-state index in [2.05, 4.69) is 15.0 Å². The summed E-state index contributed by atoms with van der Waals surface area (Å²) in [5.41, 5.74) is 1.40. The molecule has 1 saturated heterocycles. The number of anilines is 1. The summed E-state index contributed by atoms with van der Waals surface area (Å²) in [6, 6.07) is 12.1. The van der Waals surface area contributed by atoms with Crippen molar-refractivity contribution >= 4 is 34.4 Å². The van der Waals surface area contributed by atoms with E-state index in [-0.39, 0.29) is 22.8 Å². The highest BCUT2D eigenvalue weighted by Crippen LogP contribution is 2.43. The van der Waals surface area contributed by atoms with Crippen LogP contribution in [0.15, 0.2) is 60.3 Å². The van der Waals surface area contributed by atoms with E-state index in [9.17, 15) is 14.7 Å². The van der Waals surface area contributed by atoms with Crippen molar-refractivity contribution in [1.82, 2.24) is 15.0 Å². The number of methoxy groups -OCH3 is 4. The number of fused-ring (bicyclic) bond motifs is 1. The first-order valence-electron chi connectivity index (χ1n) is 11.5. The third kappa shape index (κ3) is 3.94. The van der Waals surface area contributed by atoms with Crippen molar-refractivity contribution in [3.63, 3.8) is 0 Å². The van der Waals surface area contributed by atoms with Crippen LogP contribution in [-0.4, -0.2) is 60.2 Å². The number of ketones is 1. The van der Waals surface area contributed by atoms with Gasteiger partial charge in [0.1, 0.15) is 23.3 Å². The van der Waals surface area contributed by atoms with Crippen LogP contribution in [0.3, 0.4) is 0 Å². The average molecular weight is 517 g/mol. The number of Topliss-reactive ketones (excluding diaryl/α,β-unsaturated/α-hetero) is 1. The number of carbonyl (C=O) groups is 2. The highest BCUT2D eigenvalue weighted by molar-refractivity contribution is 6.51. The predicted octanol–water partition coefficient (Wildman–Crippen LogP) is 3.62. The minimum atomic E-state index is -1.09. The van der Waals surface area contributed by atoms with Gasteiger partial charge in [0.2, 0.25) is 5.95 Å². The van der Waals surface area contributed by atoms with Crippen molar-refractivity contribution in [2.75, 3.05) is 33.3 Å². The molecule has 1 atom stereocenters. The number of aliphatic hydroxyl groups is 1. The SMILES string of the molecule is COc1ccc(OC)c(/C(O)=C2\C(=O)C(=O)N(c3nc4cc(OC)c(OC)cc4[nH]3)C2c2ccccn2)c1. The highest BCUT2D eigenvalue weighted by Gasteiger charge is 2.49. The van der Waals surface area contributed by atoms with Gasteiger partial charge < -0.3 is 29.0 Å². The molecule has 5 rings (SSSR count). The second kappa shape index (κ2) is 9.77. The third-order valence-corrected chi connectivity index (χ3v) is 6.28. The molecule has 3 heterocycles. The van der Waals surface area contributed by atoms with Crippen LogP contribution in [0.25, 0.3) is 16.8 Å². The second-order valence-corrected chi connectivity index (χ2v) is 8.27. The summed E-state index contributed by atoms with van der Waals surface area (Å²) < 4.78 is 21.4. The summed E-state index contributed by atoms with van der Waals surface area (Å²) in [5, 5.41) is 11.5. The smallest absolute Gasteiger partial charge is 0.302 e. The van der Waals surface area contributed by atoms with Gasteiger partial charge in [0.15, 0.2) is 11.5 Å². The van der Waals surface area contributed by atoms with Gasteiger partial charge in [-0.3, -0.25) is 19.5 Å². The Morgan fingerprint density at radius 1 is 0.921 bits per heavy atom. The highest BCUT2D eigenvalue weighted by atomic mass is 16.5. The molecule has 1 amide bonds. The quantitative estimate of drug-likeness (QED) is 0.214. The Hall–Kier alpha value is -5.06. The lowest BCUT2D eigenvalue weighted by Crippen LogP contribution is -2.30. The molecule has 2 aromatic heterocycles. The van der Waals surface area contributed by atoms with E-state index in [0.29, 0.717) is 34.0 Å². The normalized spacial score (nSPS) is 16.6. The van der Waals surface area contributed by atoms with Gasteiger partial charge in [-0.1, -0.05) is 6.07 Å². The first-order valence-corrected chi connectivity index (χ1v) is 11.5. The number of carbonyl (C=O) groups excluding carboxylic acids is 2. The Morgan fingerprint density at radius 3 is 2.32 bits per heavy atom. The van der Waals surface area contributed by atoms with Crippen molar-refractivity contribution in [3.8, 4) is 23.0 Å². The van der Waals surface area contributed by atoms with E-state index in [0.717, 1.165) is 0 Å². The molecule has 0 radical (unpaired) electrons. The minimum absolute atomic E-state index is 0.0877. The molecule has 1 aliphatic rings. The Bertz CT molecular complexity index is 1540. The van der Waals surface area contributed by atoms with Gasteiger partial charge in [-0.25, -0.2) is 4.98 Å². The Balaban J connectivity index is 1.73. The number of aromatic nitrogens is 3. The molecule has 11 heteroatoms.